The number of nitrogens with zero attached hydrogens (tertiary/aromatic N) is 2. The highest BCUT2D eigenvalue weighted by Gasteiger charge is 2.24. The molecule has 0 unspecified atom stereocenters. The van der Waals surface area contributed by atoms with E-state index < -0.39 is 29.2 Å². The second-order valence-corrected chi connectivity index (χ2v) is 9.76. The maximum absolute atomic E-state index is 13.3. The maximum atomic E-state index is 13.3. The van der Waals surface area contributed by atoms with Gasteiger partial charge in [0.15, 0.2) is 0 Å². The number of carboxylic acids is 1. The number of aryl methyl sites for hydroxylation is 1. The number of carboxylic acid groups (broad SMARTS) is 1. The Morgan fingerprint density at radius 2 is 1.62 bits per heavy atom. The predicted octanol–water partition coefficient (Wildman–Crippen LogP) is 3.53. The summed E-state index contributed by atoms with van der Waals surface area (Å²) in [6.07, 6.45) is -0.0529. The first-order chi connectivity index (χ1) is 18.6. The number of aromatic nitrogens is 2. The van der Waals surface area contributed by atoms with Crippen LogP contribution in [0, 0.1) is 0 Å². The summed E-state index contributed by atoms with van der Waals surface area (Å²) >= 11 is 12.1. The molecule has 4 aromatic rings. The zero-order chi connectivity index (χ0) is 28.3. The Morgan fingerprint density at radius 3 is 2.23 bits per heavy atom. The monoisotopic (exact) mass is 568 g/mol. The van der Waals surface area contributed by atoms with Crippen molar-refractivity contribution in [2.75, 3.05) is 6.54 Å². The normalized spacial score (nSPS) is 11.9. The molecular weight excluding hydrogens is 543 g/mol. The second-order valence-electron chi connectivity index (χ2n) is 8.95. The van der Waals surface area contributed by atoms with Crippen molar-refractivity contribution in [3.63, 3.8) is 0 Å². The number of carbonyl (C=O) groups excluding carboxylic acids is 1. The van der Waals surface area contributed by atoms with Crippen molar-refractivity contribution in [3.05, 3.63) is 108 Å². The van der Waals surface area contributed by atoms with E-state index in [-0.39, 0.29) is 22.0 Å². The molecule has 9 nitrogen and oxygen atoms in total. The average molecular weight is 569 g/mol. The second kappa shape index (κ2) is 11.9. The lowest BCUT2D eigenvalue weighted by molar-refractivity contribution is -0.139. The Morgan fingerprint density at radius 1 is 0.974 bits per heavy atom. The summed E-state index contributed by atoms with van der Waals surface area (Å²) in [7, 11) is 1.61. The van der Waals surface area contributed by atoms with Gasteiger partial charge in [-0.3, -0.25) is 14.2 Å². The van der Waals surface area contributed by atoms with E-state index in [9.17, 15) is 24.3 Å². The highest BCUT2D eigenvalue weighted by atomic mass is 35.5. The first-order valence-electron chi connectivity index (χ1n) is 12.1. The first-order valence-corrected chi connectivity index (χ1v) is 12.9. The Labute approximate surface area is 233 Å². The topological polar surface area (TPSA) is 122 Å². The van der Waals surface area contributed by atoms with Crippen LogP contribution in [-0.2, 0) is 24.8 Å². The van der Waals surface area contributed by atoms with Crippen molar-refractivity contribution in [2.45, 2.75) is 25.9 Å². The molecule has 1 amide bonds. The highest BCUT2D eigenvalue weighted by Crippen LogP contribution is 2.24. The van der Waals surface area contributed by atoms with Gasteiger partial charge in [0.2, 0.25) is 0 Å². The van der Waals surface area contributed by atoms with Gasteiger partial charge in [-0.15, -0.1) is 0 Å². The summed E-state index contributed by atoms with van der Waals surface area (Å²) in [5, 5.41) is 16.0. The zero-order valence-corrected chi connectivity index (χ0v) is 22.7. The molecule has 0 spiro atoms. The molecule has 1 atom stereocenters. The summed E-state index contributed by atoms with van der Waals surface area (Å²) in [6.45, 7) is 3.41. The van der Waals surface area contributed by atoms with Crippen molar-refractivity contribution >= 4 is 46.0 Å². The van der Waals surface area contributed by atoms with E-state index in [1.54, 1.807) is 43.4 Å². The van der Waals surface area contributed by atoms with Gasteiger partial charge in [-0.05, 0) is 54.1 Å². The van der Waals surface area contributed by atoms with Gasteiger partial charge in [-0.1, -0.05) is 54.4 Å². The van der Waals surface area contributed by atoms with E-state index in [0.717, 1.165) is 16.7 Å². The Hall–Kier alpha value is -3.92. The molecule has 4 rings (SSSR count). The largest absolute Gasteiger partial charge is 0.480 e. The third-order valence-corrected chi connectivity index (χ3v) is 6.97. The van der Waals surface area contributed by atoms with E-state index in [1.165, 1.54) is 16.7 Å². The van der Waals surface area contributed by atoms with Gasteiger partial charge in [0.05, 0.1) is 32.2 Å². The number of amides is 1. The Kier molecular flexibility index (Phi) is 8.54. The fourth-order valence-electron chi connectivity index (χ4n) is 4.26. The van der Waals surface area contributed by atoms with Crippen LogP contribution in [0.25, 0.3) is 16.6 Å². The third kappa shape index (κ3) is 5.90. The molecule has 0 saturated heterocycles. The lowest BCUT2D eigenvalue weighted by Crippen LogP contribution is -2.42. The van der Waals surface area contributed by atoms with Crippen LogP contribution >= 0.6 is 23.2 Å². The van der Waals surface area contributed by atoms with Crippen LogP contribution in [0.4, 0.5) is 0 Å². The van der Waals surface area contributed by atoms with Crippen molar-refractivity contribution in [1.82, 2.24) is 19.8 Å². The van der Waals surface area contributed by atoms with Crippen molar-refractivity contribution in [3.8, 4) is 5.69 Å². The quantitative estimate of drug-likeness (QED) is 0.284. The smallest absolute Gasteiger partial charge is 0.335 e. The van der Waals surface area contributed by atoms with Gasteiger partial charge >= 0.3 is 11.7 Å². The fourth-order valence-corrected chi connectivity index (χ4v) is 4.83. The van der Waals surface area contributed by atoms with Gasteiger partial charge in [0.1, 0.15) is 6.04 Å². The van der Waals surface area contributed by atoms with Crippen LogP contribution in [0.2, 0.25) is 10.0 Å². The molecule has 0 saturated carbocycles. The van der Waals surface area contributed by atoms with Crippen LogP contribution in [0.5, 0.6) is 0 Å². The molecule has 3 N–H and O–H groups in total. The van der Waals surface area contributed by atoms with E-state index in [2.05, 4.69) is 10.6 Å². The molecule has 0 aliphatic carbocycles. The molecule has 0 aliphatic heterocycles. The average Bonchev–Trinajstić information content (AvgIpc) is 2.91. The molecule has 39 heavy (non-hydrogen) atoms. The number of nitrogens with one attached hydrogen (secondary N) is 2. The molecule has 0 aliphatic rings. The Bertz CT molecular complexity index is 1660. The van der Waals surface area contributed by atoms with Crippen molar-refractivity contribution in [2.24, 2.45) is 7.05 Å². The van der Waals surface area contributed by atoms with Gasteiger partial charge in [-0.25, -0.2) is 14.2 Å². The van der Waals surface area contributed by atoms with Gasteiger partial charge in [0.25, 0.3) is 11.5 Å². The Balaban J connectivity index is 1.61. The minimum absolute atomic E-state index is 0.0114. The van der Waals surface area contributed by atoms with Crippen molar-refractivity contribution in [1.29, 1.82) is 0 Å². The number of benzene rings is 3. The predicted molar refractivity (Wildman–Crippen MR) is 151 cm³/mol. The zero-order valence-electron chi connectivity index (χ0n) is 21.2. The maximum Gasteiger partial charge on any atom is 0.335 e. The molecule has 11 heteroatoms. The molecule has 1 aromatic heterocycles. The molecular formula is C28H26Cl2N4O5. The summed E-state index contributed by atoms with van der Waals surface area (Å²) in [5.41, 5.74) is 1.42. The number of carbonyl (C=O) groups is 2. The standard InChI is InChI=1S/C28H26Cl2N4O5/c1-3-31-15-17-9-12-19-23(14-17)33(2)28(39)34(26(19)36)18-10-7-16(8-11-18)13-22(27(37)38)32-25(35)24-20(29)5-4-6-21(24)30/h4-12,14,22,31H,3,13,15H2,1-2H3,(H,32,35)(H,37,38)/t22-/m0/s1. The van der Waals surface area contributed by atoms with E-state index >= 15 is 0 Å². The van der Waals surface area contributed by atoms with E-state index in [0.29, 0.717) is 28.7 Å². The number of hydrogen-bond donors (Lipinski definition) is 3. The number of fused-ring (bicyclic) bond motifs is 1. The lowest BCUT2D eigenvalue weighted by Gasteiger charge is -2.16. The number of halogens is 2. The molecule has 0 fully saturated rings. The van der Waals surface area contributed by atoms with Crippen molar-refractivity contribution < 1.29 is 14.7 Å². The molecule has 202 valence electrons. The van der Waals surface area contributed by atoms with Crippen LogP contribution in [0.3, 0.4) is 0 Å². The minimum atomic E-state index is -1.27. The SMILES string of the molecule is CCNCc1ccc2c(=O)n(-c3ccc(C[C@H](NC(=O)c4c(Cl)cccc4Cl)C(=O)O)cc3)c(=O)n(C)c2c1. The first kappa shape index (κ1) is 28.1. The third-order valence-electron chi connectivity index (χ3n) is 6.34. The number of aliphatic carboxylic acids is 1. The summed E-state index contributed by atoms with van der Waals surface area (Å²) in [6, 6.07) is 15.0. The fraction of sp³-hybridized carbons (Fsp3) is 0.214. The van der Waals surface area contributed by atoms with Crippen LogP contribution < -0.4 is 21.9 Å². The van der Waals surface area contributed by atoms with E-state index in [1.807, 2.05) is 19.1 Å². The highest BCUT2D eigenvalue weighted by molar-refractivity contribution is 6.39. The number of hydrogen-bond acceptors (Lipinski definition) is 5. The van der Waals surface area contributed by atoms with Crippen LogP contribution in [0.1, 0.15) is 28.4 Å². The molecule has 0 bridgehead atoms. The summed E-state index contributed by atoms with van der Waals surface area (Å²) in [4.78, 5) is 51.0. The van der Waals surface area contributed by atoms with Gasteiger partial charge in [0, 0.05) is 20.0 Å². The minimum Gasteiger partial charge on any atom is -0.480 e. The van der Waals surface area contributed by atoms with Gasteiger partial charge in [-0.2, -0.15) is 0 Å². The molecule has 1 heterocycles. The van der Waals surface area contributed by atoms with Gasteiger partial charge < -0.3 is 15.7 Å². The summed E-state index contributed by atoms with van der Waals surface area (Å²) < 4.78 is 2.50. The lowest BCUT2D eigenvalue weighted by atomic mass is 10.0. The molecule has 3 aromatic carbocycles. The van der Waals surface area contributed by atoms with Crippen LogP contribution in [-0.4, -0.2) is 38.7 Å². The van der Waals surface area contributed by atoms with Crippen LogP contribution in [0.15, 0.2) is 70.3 Å². The molecule has 0 radical (unpaired) electrons. The van der Waals surface area contributed by atoms with E-state index in [4.69, 9.17) is 23.2 Å². The summed E-state index contributed by atoms with van der Waals surface area (Å²) in [5.74, 6) is -1.96. The number of rotatable bonds is 9.